The first kappa shape index (κ1) is 14.7. The van der Waals surface area contributed by atoms with Crippen LogP contribution in [0.4, 0.5) is 0 Å². The molecule has 0 spiro atoms. The largest absolute Gasteiger partial charge is 0.345 e. The molecule has 5 nitrogen and oxygen atoms in total. The van der Waals surface area contributed by atoms with Gasteiger partial charge in [0.1, 0.15) is 0 Å². The summed E-state index contributed by atoms with van der Waals surface area (Å²) in [4.78, 5) is 12.2. The van der Waals surface area contributed by atoms with Crippen molar-refractivity contribution in [2.45, 2.75) is 39.7 Å². The monoisotopic (exact) mass is 252 g/mol. The second kappa shape index (κ2) is 5.52. The number of carbonyl (C=O) groups is 1. The van der Waals surface area contributed by atoms with Crippen molar-refractivity contribution in [2.75, 3.05) is 6.54 Å². The zero-order valence-corrected chi connectivity index (χ0v) is 11.9. The summed E-state index contributed by atoms with van der Waals surface area (Å²) in [7, 11) is 1.82. The molecule has 0 aliphatic heterocycles. The van der Waals surface area contributed by atoms with Crippen molar-refractivity contribution in [1.82, 2.24) is 15.1 Å². The first-order chi connectivity index (χ1) is 8.29. The molecule has 0 aromatic carbocycles. The fourth-order valence-electron chi connectivity index (χ4n) is 2.15. The molecule has 0 bridgehead atoms. The summed E-state index contributed by atoms with van der Waals surface area (Å²) >= 11 is 0. The lowest BCUT2D eigenvalue weighted by atomic mass is 9.90. The van der Waals surface area contributed by atoms with Crippen LogP contribution in [0.5, 0.6) is 0 Å². The molecule has 5 heteroatoms. The smallest absolute Gasteiger partial charge is 0.255 e. The molecule has 0 saturated carbocycles. The highest BCUT2D eigenvalue weighted by Crippen LogP contribution is 2.16. The molecule has 1 rings (SSSR count). The van der Waals surface area contributed by atoms with E-state index in [4.69, 9.17) is 5.73 Å². The molecule has 0 fully saturated rings. The molecule has 0 aliphatic rings. The van der Waals surface area contributed by atoms with Crippen molar-refractivity contribution in [3.8, 4) is 0 Å². The molecule has 0 radical (unpaired) electrons. The van der Waals surface area contributed by atoms with E-state index in [1.807, 2.05) is 20.9 Å². The van der Waals surface area contributed by atoms with Gasteiger partial charge in [-0.1, -0.05) is 13.8 Å². The minimum absolute atomic E-state index is 0.103. The molecule has 3 N–H and O–H groups in total. The fraction of sp³-hybridized carbons (Fsp3) is 0.692. The second-order valence-electron chi connectivity index (χ2n) is 5.58. The van der Waals surface area contributed by atoms with Crippen LogP contribution < -0.4 is 11.1 Å². The molecule has 1 heterocycles. The molecular weight excluding hydrogens is 228 g/mol. The number of rotatable bonds is 5. The summed E-state index contributed by atoms with van der Waals surface area (Å²) < 4.78 is 1.69. The highest BCUT2D eigenvalue weighted by Gasteiger charge is 2.27. The first-order valence-corrected chi connectivity index (χ1v) is 6.30. The molecular formula is C13H24N4O. The molecule has 1 atom stereocenters. The van der Waals surface area contributed by atoms with Gasteiger partial charge in [-0.25, -0.2) is 0 Å². The van der Waals surface area contributed by atoms with Gasteiger partial charge in [-0.2, -0.15) is 5.10 Å². The van der Waals surface area contributed by atoms with Gasteiger partial charge in [0.2, 0.25) is 0 Å². The van der Waals surface area contributed by atoms with E-state index in [-0.39, 0.29) is 11.4 Å². The molecule has 1 unspecified atom stereocenters. The standard InChI is InChI=1S/C13H24N4O/c1-9(2)6-13(4,8-14)16-12(18)11-7-15-17(5)10(11)3/h7,9H,6,8,14H2,1-5H3,(H,16,18). The first-order valence-electron chi connectivity index (χ1n) is 6.30. The van der Waals surface area contributed by atoms with Crippen LogP contribution in [-0.2, 0) is 7.05 Å². The lowest BCUT2D eigenvalue weighted by molar-refractivity contribution is 0.0897. The number of hydrogen-bond donors (Lipinski definition) is 2. The van der Waals surface area contributed by atoms with Crippen molar-refractivity contribution in [3.63, 3.8) is 0 Å². The van der Waals surface area contributed by atoms with Gasteiger partial charge in [0.15, 0.2) is 0 Å². The van der Waals surface area contributed by atoms with Gasteiger partial charge in [0.25, 0.3) is 5.91 Å². The van der Waals surface area contributed by atoms with Gasteiger partial charge in [-0.15, -0.1) is 0 Å². The van der Waals surface area contributed by atoms with Gasteiger partial charge < -0.3 is 11.1 Å². The van der Waals surface area contributed by atoms with Gasteiger partial charge >= 0.3 is 0 Å². The Morgan fingerprint density at radius 1 is 1.61 bits per heavy atom. The van der Waals surface area contributed by atoms with Gasteiger partial charge in [0, 0.05) is 24.8 Å². The van der Waals surface area contributed by atoms with Gasteiger partial charge in [0.05, 0.1) is 11.8 Å². The highest BCUT2D eigenvalue weighted by atomic mass is 16.1. The second-order valence-corrected chi connectivity index (χ2v) is 5.58. The van der Waals surface area contributed by atoms with E-state index in [2.05, 4.69) is 24.3 Å². The molecule has 18 heavy (non-hydrogen) atoms. The highest BCUT2D eigenvalue weighted by molar-refractivity contribution is 5.95. The summed E-state index contributed by atoms with van der Waals surface area (Å²) in [6, 6.07) is 0. The van der Waals surface area contributed by atoms with E-state index in [1.54, 1.807) is 10.9 Å². The van der Waals surface area contributed by atoms with Gasteiger partial charge in [-0.05, 0) is 26.2 Å². The van der Waals surface area contributed by atoms with Crippen molar-refractivity contribution < 1.29 is 4.79 Å². The maximum atomic E-state index is 12.2. The zero-order chi connectivity index (χ0) is 13.9. The summed E-state index contributed by atoms with van der Waals surface area (Å²) in [6.07, 6.45) is 2.45. The number of nitrogens with one attached hydrogen (secondary N) is 1. The summed E-state index contributed by atoms with van der Waals surface area (Å²) in [6.45, 7) is 8.53. The molecule has 1 aromatic rings. The lowest BCUT2D eigenvalue weighted by Gasteiger charge is -2.31. The van der Waals surface area contributed by atoms with E-state index in [0.29, 0.717) is 18.0 Å². The topological polar surface area (TPSA) is 72.9 Å². The van der Waals surface area contributed by atoms with Crippen LogP contribution in [-0.4, -0.2) is 27.8 Å². The van der Waals surface area contributed by atoms with Crippen LogP contribution in [0.2, 0.25) is 0 Å². The number of aromatic nitrogens is 2. The third kappa shape index (κ3) is 3.32. The Morgan fingerprint density at radius 2 is 2.22 bits per heavy atom. The number of amides is 1. The Bertz CT molecular complexity index is 425. The van der Waals surface area contributed by atoms with Crippen LogP contribution in [0.15, 0.2) is 6.20 Å². The van der Waals surface area contributed by atoms with Crippen LogP contribution >= 0.6 is 0 Å². The number of carbonyl (C=O) groups excluding carboxylic acids is 1. The van der Waals surface area contributed by atoms with Gasteiger partial charge in [-0.3, -0.25) is 9.48 Å². The van der Waals surface area contributed by atoms with Crippen LogP contribution in [0.3, 0.4) is 0 Å². The summed E-state index contributed by atoms with van der Waals surface area (Å²) in [5.41, 5.74) is 6.89. The number of nitrogens with zero attached hydrogens (tertiary/aromatic N) is 2. The normalized spacial score (nSPS) is 14.6. The van der Waals surface area contributed by atoms with Crippen molar-refractivity contribution >= 4 is 5.91 Å². The number of nitrogens with two attached hydrogens (primary N) is 1. The Balaban J connectivity index is 2.83. The van der Waals surface area contributed by atoms with Crippen molar-refractivity contribution in [1.29, 1.82) is 0 Å². The predicted octanol–water partition coefficient (Wildman–Crippen LogP) is 1.22. The average molecular weight is 252 g/mol. The average Bonchev–Trinajstić information content (AvgIpc) is 2.58. The molecule has 0 aliphatic carbocycles. The maximum absolute atomic E-state index is 12.2. The molecule has 0 saturated heterocycles. The van der Waals surface area contributed by atoms with E-state index < -0.39 is 0 Å². The number of hydrogen-bond acceptors (Lipinski definition) is 3. The Kier molecular flexibility index (Phi) is 4.51. The molecule has 102 valence electrons. The van der Waals surface area contributed by atoms with Crippen LogP contribution in [0.25, 0.3) is 0 Å². The van der Waals surface area contributed by atoms with E-state index in [0.717, 1.165) is 12.1 Å². The minimum Gasteiger partial charge on any atom is -0.345 e. The maximum Gasteiger partial charge on any atom is 0.255 e. The third-order valence-electron chi connectivity index (χ3n) is 3.20. The Hall–Kier alpha value is -1.36. The van der Waals surface area contributed by atoms with Crippen molar-refractivity contribution in [2.24, 2.45) is 18.7 Å². The zero-order valence-electron chi connectivity index (χ0n) is 11.9. The Morgan fingerprint density at radius 3 is 2.61 bits per heavy atom. The van der Waals surface area contributed by atoms with E-state index in [9.17, 15) is 4.79 Å². The minimum atomic E-state index is -0.368. The third-order valence-corrected chi connectivity index (χ3v) is 3.20. The predicted molar refractivity (Wildman–Crippen MR) is 72.3 cm³/mol. The van der Waals surface area contributed by atoms with Crippen molar-refractivity contribution in [3.05, 3.63) is 17.5 Å². The molecule has 1 amide bonds. The lowest BCUT2D eigenvalue weighted by Crippen LogP contribution is -2.52. The Labute approximate surface area is 109 Å². The van der Waals surface area contributed by atoms with Crippen LogP contribution in [0, 0.1) is 12.8 Å². The summed E-state index contributed by atoms with van der Waals surface area (Å²) in [5.74, 6) is 0.378. The van der Waals surface area contributed by atoms with Crippen LogP contribution in [0.1, 0.15) is 43.2 Å². The van der Waals surface area contributed by atoms with E-state index >= 15 is 0 Å². The quantitative estimate of drug-likeness (QED) is 0.827. The molecule has 1 aromatic heterocycles. The van der Waals surface area contributed by atoms with E-state index in [1.165, 1.54) is 0 Å². The fourth-order valence-corrected chi connectivity index (χ4v) is 2.15. The summed E-state index contributed by atoms with van der Waals surface area (Å²) in [5, 5.41) is 7.11. The SMILES string of the molecule is Cc1c(C(=O)NC(C)(CN)CC(C)C)cnn1C. The number of aryl methyl sites for hydroxylation is 1.